The van der Waals surface area contributed by atoms with Gasteiger partial charge in [0.2, 0.25) is 0 Å². The van der Waals surface area contributed by atoms with Gasteiger partial charge in [-0.2, -0.15) is 0 Å². The number of ether oxygens (including phenoxy) is 1. The van der Waals surface area contributed by atoms with Gasteiger partial charge in [-0.25, -0.2) is 4.39 Å². The van der Waals surface area contributed by atoms with Crippen LogP contribution in [0.5, 0.6) is 5.75 Å². The third-order valence-corrected chi connectivity index (χ3v) is 6.58. The number of hydrogen-bond donors (Lipinski definition) is 2. The maximum Gasteiger partial charge on any atom is 0.123 e. The van der Waals surface area contributed by atoms with E-state index in [9.17, 15) is 9.50 Å². The first kappa shape index (κ1) is 18.5. The zero-order valence-electron chi connectivity index (χ0n) is 16.0. The molecule has 1 aliphatic heterocycles. The summed E-state index contributed by atoms with van der Waals surface area (Å²) in [4.78, 5) is 1.42. The molecule has 4 atom stereocenters. The van der Waals surface area contributed by atoms with E-state index in [4.69, 9.17) is 4.74 Å². The van der Waals surface area contributed by atoms with Crippen molar-refractivity contribution in [2.45, 2.75) is 50.3 Å². The van der Waals surface area contributed by atoms with Gasteiger partial charge in [0, 0.05) is 23.5 Å². The lowest BCUT2D eigenvalue weighted by Gasteiger charge is -2.50. The lowest BCUT2D eigenvalue weighted by atomic mass is 9.66. The van der Waals surface area contributed by atoms with Crippen molar-refractivity contribution in [2.24, 2.45) is 5.92 Å². The number of benzene rings is 2. The summed E-state index contributed by atoms with van der Waals surface area (Å²) in [5, 5.41) is 11.4. The van der Waals surface area contributed by atoms with Crippen molar-refractivity contribution < 1.29 is 19.1 Å². The van der Waals surface area contributed by atoms with Crippen molar-refractivity contribution in [2.75, 3.05) is 13.7 Å². The van der Waals surface area contributed by atoms with Crippen LogP contribution in [-0.2, 0) is 6.54 Å². The average molecular weight is 370 g/mol. The predicted molar refractivity (Wildman–Crippen MR) is 103 cm³/mol. The maximum atomic E-state index is 13.7. The van der Waals surface area contributed by atoms with Crippen molar-refractivity contribution in [1.82, 2.24) is 0 Å². The van der Waals surface area contributed by atoms with Crippen molar-refractivity contribution in [3.63, 3.8) is 0 Å². The molecule has 1 saturated heterocycles. The Balaban J connectivity index is 1.67. The number of fused-ring (bicyclic) bond motifs is 1. The molecule has 1 heterocycles. The monoisotopic (exact) mass is 370 g/mol. The summed E-state index contributed by atoms with van der Waals surface area (Å²) in [6.07, 6.45) is 5.07. The molecule has 0 radical (unpaired) electrons. The van der Waals surface area contributed by atoms with Gasteiger partial charge in [0.05, 0.1) is 19.3 Å². The lowest BCUT2D eigenvalue weighted by molar-refractivity contribution is -0.958. The highest BCUT2D eigenvalue weighted by Crippen LogP contribution is 2.44. The number of aliphatic hydroxyl groups is 1. The van der Waals surface area contributed by atoms with E-state index in [2.05, 4.69) is 12.1 Å². The molecule has 1 aliphatic carbocycles. The molecule has 0 aromatic heterocycles. The van der Waals surface area contributed by atoms with Crippen LogP contribution in [0.4, 0.5) is 4.39 Å². The van der Waals surface area contributed by atoms with Crippen LogP contribution in [0.3, 0.4) is 0 Å². The Labute approximate surface area is 160 Å². The Bertz CT molecular complexity index is 778. The van der Waals surface area contributed by atoms with Crippen LogP contribution in [0, 0.1) is 11.7 Å². The van der Waals surface area contributed by atoms with E-state index in [1.807, 2.05) is 18.2 Å². The molecule has 4 heteroatoms. The molecule has 0 amide bonds. The van der Waals surface area contributed by atoms with Crippen LogP contribution in [0.25, 0.3) is 0 Å². The Kier molecular flexibility index (Phi) is 5.20. The van der Waals surface area contributed by atoms with Gasteiger partial charge in [0.25, 0.3) is 0 Å². The number of quaternary nitrogens is 1. The van der Waals surface area contributed by atoms with Crippen molar-refractivity contribution >= 4 is 0 Å². The second kappa shape index (κ2) is 7.61. The van der Waals surface area contributed by atoms with Crippen molar-refractivity contribution in [1.29, 1.82) is 0 Å². The summed E-state index contributed by atoms with van der Waals surface area (Å²) < 4.78 is 19.0. The van der Waals surface area contributed by atoms with Crippen molar-refractivity contribution in [3.8, 4) is 5.75 Å². The van der Waals surface area contributed by atoms with E-state index in [0.29, 0.717) is 0 Å². The normalized spacial score (nSPS) is 30.6. The summed E-state index contributed by atoms with van der Waals surface area (Å²) in [6, 6.07) is 15.4. The second-order valence-corrected chi connectivity index (χ2v) is 8.17. The van der Waals surface area contributed by atoms with Crippen LogP contribution in [-0.4, -0.2) is 24.4 Å². The fourth-order valence-electron chi connectivity index (χ4n) is 5.24. The molecule has 2 aromatic rings. The standard InChI is InChI=1S/C23H28FNO2/c1-27-20-10-8-18(9-11-20)22-21-7-2-3-12-23(21,26)13-14-25(22)16-17-5-4-6-19(24)15-17/h4-6,8-11,15,21-22,26H,2-3,7,12-14,16H2,1H3/p+1/t21-,22+,23+/m1/s1. The minimum atomic E-state index is -0.561. The van der Waals surface area contributed by atoms with E-state index >= 15 is 0 Å². The molecule has 4 rings (SSSR count). The van der Waals surface area contributed by atoms with Gasteiger partial charge in [0.15, 0.2) is 0 Å². The molecule has 0 spiro atoms. The minimum Gasteiger partial charge on any atom is -0.497 e. The Morgan fingerprint density at radius 1 is 1.15 bits per heavy atom. The molecule has 3 nitrogen and oxygen atoms in total. The fraction of sp³-hybridized carbons (Fsp3) is 0.478. The van der Waals surface area contributed by atoms with Crippen molar-refractivity contribution in [3.05, 3.63) is 65.5 Å². The molecule has 0 bridgehead atoms. The van der Waals surface area contributed by atoms with Crippen LogP contribution >= 0.6 is 0 Å². The Morgan fingerprint density at radius 2 is 1.96 bits per heavy atom. The number of piperidine rings is 1. The fourth-order valence-corrected chi connectivity index (χ4v) is 5.24. The second-order valence-electron chi connectivity index (χ2n) is 8.17. The smallest absolute Gasteiger partial charge is 0.123 e. The van der Waals surface area contributed by atoms with Crippen LogP contribution < -0.4 is 9.64 Å². The third kappa shape index (κ3) is 3.74. The predicted octanol–water partition coefficient (Wildman–Crippen LogP) is 3.29. The van der Waals surface area contributed by atoms with Gasteiger partial charge in [-0.15, -0.1) is 0 Å². The molecule has 1 saturated carbocycles. The molecule has 144 valence electrons. The van der Waals surface area contributed by atoms with Gasteiger partial charge in [0.1, 0.15) is 24.2 Å². The van der Waals surface area contributed by atoms with Gasteiger partial charge in [-0.3, -0.25) is 0 Å². The SMILES string of the molecule is COc1ccc([C@H]2[C@H]3CCCC[C@]3(O)CC[NH+]2Cc2cccc(F)c2)cc1. The summed E-state index contributed by atoms with van der Waals surface area (Å²) >= 11 is 0. The van der Waals surface area contributed by atoms with E-state index in [1.165, 1.54) is 23.0 Å². The highest BCUT2D eigenvalue weighted by Gasteiger charge is 2.51. The van der Waals surface area contributed by atoms with E-state index in [-0.39, 0.29) is 17.8 Å². The van der Waals surface area contributed by atoms with Crippen LogP contribution in [0.2, 0.25) is 0 Å². The molecule has 27 heavy (non-hydrogen) atoms. The van der Waals surface area contributed by atoms with Crippen LogP contribution in [0.15, 0.2) is 48.5 Å². The molecular weight excluding hydrogens is 341 g/mol. The summed E-state index contributed by atoms with van der Waals surface area (Å²) in [5.74, 6) is 0.913. The Hall–Kier alpha value is -1.91. The van der Waals surface area contributed by atoms with Crippen LogP contribution in [0.1, 0.15) is 49.3 Å². The first-order chi connectivity index (χ1) is 13.1. The number of likely N-dealkylation sites (tertiary alicyclic amines) is 1. The zero-order valence-corrected chi connectivity index (χ0v) is 16.0. The molecule has 2 fully saturated rings. The van der Waals surface area contributed by atoms with Gasteiger partial charge in [-0.1, -0.05) is 25.0 Å². The number of rotatable bonds is 4. The summed E-state index contributed by atoms with van der Waals surface area (Å²) in [7, 11) is 1.68. The quantitative estimate of drug-likeness (QED) is 0.866. The molecule has 1 unspecified atom stereocenters. The Morgan fingerprint density at radius 3 is 2.70 bits per heavy atom. The first-order valence-corrected chi connectivity index (χ1v) is 10.0. The largest absolute Gasteiger partial charge is 0.497 e. The van der Waals surface area contributed by atoms with E-state index in [0.717, 1.165) is 50.1 Å². The zero-order chi connectivity index (χ0) is 18.9. The molecular formula is C23H29FNO2+. The number of halogens is 1. The van der Waals surface area contributed by atoms with Gasteiger partial charge < -0.3 is 14.7 Å². The average Bonchev–Trinajstić information content (AvgIpc) is 2.68. The molecule has 2 aliphatic rings. The van der Waals surface area contributed by atoms with E-state index in [1.54, 1.807) is 19.2 Å². The highest BCUT2D eigenvalue weighted by atomic mass is 19.1. The maximum absolute atomic E-state index is 13.7. The number of hydrogen-bond acceptors (Lipinski definition) is 2. The van der Waals surface area contributed by atoms with E-state index < -0.39 is 5.60 Å². The number of methoxy groups -OCH3 is 1. The highest BCUT2D eigenvalue weighted by molar-refractivity contribution is 5.29. The molecule has 2 N–H and O–H groups in total. The number of nitrogens with one attached hydrogen (secondary N) is 1. The lowest BCUT2D eigenvalue weighted by Crippen LogP contribution is -3.13. The summed E-state index contributed by atoms with van der Waals surface area (Å²) in [6.45, 7) is 1.68. The summed E-state index contributed by atoms with van der Waals surface area (Å²) in [5.41, 5.74) is 1.70. The molecule has 2 aromatic carbocycles. The topological polar surface area (TPSA) is 33.9 Å². The van der Waals surface area contributed by atoms with Gasteiger partial charge >= 0.3 is 0 Å². The first-order valence-electron chi connectivity index (χ1n) is 10.0. The minimum absolute atomic E-state index is 0.181. The van der Waals surface area contributed by atoms with Gasteiger partial charge in [-0.05, 0) is 49.2 Å². The third-order valence-electron chi connectivity index (χ3n) is 6.58.